The van der Waals surface area contributed by atoms with Gasteiger partial charge < -0.3 is 19.2 Å². The van der Waals surface area contributed by atoms with Crippen molar-refractivity contribution < 1.29 is 28.6 Å². The van der Waals surface area contributed by atoms with Crippen molar-refractivity contribution in [2.24, 2.45) is 0 Å². The average Bonchev–Trinajstić information content (AvgIpc) is 3.23. The lowest BCUT2D eigenvalue weighted by Gasteiger charge is -2.12. The molecule has 0 saturated heterocycles. The predicted molar refractivity (Wildman–Crippen MR) is 96.5 cm³/mol. The van der Waals surface area contributed by atoms with Gasteiger partial charge in [0.1, 0.15) is 5.75 Å². The molecule has 0 amide bonds. The van der Waals surface area contributed by atoms with E-state index in [1.165, 1.54) is 14.0 Å². The Bertz CT molecular complexity index is 927. The van der Waals surface area contributed by atoms with Gasteiger partial charge in [-0.15, -0.1) is 0 Å². The zero-order chi connectivity index (χ0) is 19.7. The van der Waals surface area contributed by atoms with Gasteiger partial charge in [-0.25, -0.2) is 9.59 Å². The number of esters is 2. The highest BCUT2D eigenvalue weighted by Crippen LogP contribution is 2.26. The normalized spacial score (nSPS) is 13.5. The number of carbonyl (C=O) groups is 3. The SMILES string of the molecule is COC(=O)c1c(C)[nH]c(C(=O)C(C)OC(=O)c2ccc3c(c2)CCO3)c1C. The molecule has 1 aliphatic rings. The van der Waals surface area contributed by atoms with Crippen molar-refractivity contribution in [3.63, 3.8) is 0 Å². The third-order valence-electron chi connectivity index (χ3n) is 4.65. The summed E-state index contributed by atoms with van der Waals surface area (Å²) in [5.41, 5.74) is 2.87. The average molecular weight is 371 g/mol. The Balaban J connectivity index is 1.76. The number of Topliss-reactive ketones (excluding diaryl/α,β-unsaturated/α-hetero) is 1. The lowest BCUT2D eigenvalue weighted by Crippen LogP contribution is -2.25. The van der Waals surface area contributed by atoms with Gasteiger partial charge >= 0.3 is 11.9 Å². The smallest absolute Gasteiger partial charge is 0.339 e. The molecular formula is C20H21NO6. The lowest BCUT2D eigenvalue weighted by atomic mass is 10.1. The van der Waals surface area contributed by atoms with Gasteiger partial charge in [0.25, 0.3) is 0 Å². The molecule has 2 aromatic rings. The van der Waals surface area contributed by atoms with E-state index in [-0.39, 0.29) is 5.69 Å². The summed E-state index contributed by atoms with van der Waals surface area (Å²) in [6, 6.07) is 5.07. The number of aryl methyl sites for hydroxylation is 1. The van der Waals surface area contributed by atoms with Crippen molar-refractivity contribution in [3.05, 3.63) is 51.8 Å². The number of nitrogens with one attached hydrogen (secondary N) is 1. The molecule has 7 nitrogen and oxygen atoms in total. The van der Waals surface area contributed by atoms with Crippen LogP contribution in [0.3, 0.4) is 0 Å². The van der Waals surface area contributed by atoms with Crippen LogP contribution in [0.2, 0.25) is 0 Å². The molecule has 1 unspecified atom stereocenters. The second-order valence-corrected chi connectivity index (χ2v) is 6.45. The van der Waals surface area contributed by atoms with Crippen LogP contribution in [-0.4, -0.2) is 42.5 Å². The number of aromatic amines is 1. The Morgan fingerprint density at radius 1 is 1.19 bits per heavy atom. The highest BCUT2D eigenvalue weighted by atomic mass is 16.5. The van der Waals surface area contributed by atoms with E-state index in [9.17, 15) is 14.4 Å². The van der Waals surface area contributed by atoms with Gasteiger partial charge in [0, 0.05) is 12.1 Å². The van der Waals surface area contributed by atoms with E-state index >= 15 is 0 Å². The number of aromatic nitrogens is 1. The second kappa shape index (κ2) is 7.26. The molecule has 1 atom stereocenters. The zero-order valence-corrected chi connectivity index (χ0v) is 15.7. The standard InChI is InChI=1S/C20H21NO6/c1-10-16(20(24)25-4)11(2)21-17(10)18(22)12(3)27-19(23)14-5-6-15-13(9-14)7-8-26-15/h5-6,9,12,21H,7-8H2,1-4H3. The predicted octanol–water partition coefficient (Wildman–Crippen LogP) is 2.78. The van der Waals surface area contributed by atoms with E-state index in [0.717, 1.165) is 17.7 Å². The molecule has 7 heteroatoms. The Kier molecular flexibility index (Phi) is 5.03. The van der Waals surface area contributed by atoms with Crippen LogP contribution in [0.5, 0.6) is 5.75 Å². The number of hydrogen-bond donors (Lipinski definition) is 1. The summed E-state index contributed by atoms with van der Waals surface area (Å²) < 4.78 is 15.5. The van der Waals surface area contributed by atoms with Crippen molar-refractivity contribution in [3.8, 4) is 5.75 Å². The number of ketones is 1. The summed E-state index contributed by atoms with van der Waals surface area (Å²) in [4.78, 5) is 39.9. The van der Waals surface area contributed by atoms with Crippen molar-refractivity contribution in [1.29, 1.82) is 0 Å². The quantitative estimate of drug-likeness (QED) is 0.641. The summed E-state index contributed by atoms with van der Waals surface area (Å²) in [5, 5.41) is 0. The Morgan fingerprint density at radius 3 is 2.63 bits per heavy atom. The molecule has 0 fully saturated rings. The molecule has 0 aliphatic carbocycles. The first kappa shape index (κ1) is 18.7. The maximum atomic E-state index is 12.7. The molecule has 1 aromatic heterocycles. The number of rotatable bonds is 5. The molecule has 0 spiro atoms. The molecule has 1 N–H and O–H groups in total. The van der Waals surface area contributed by atoms with Crippen LogP contribution >= 0.6 is 0 Å². The Labute approximate surface area is 156 Å². The molecule has 1 aliphatic heterocycles. The maximum Gasteiger partial charge on any atom is 0.339 e. The summed E-state index contributed by atoms with van der Waals surface area (Å²) in [6.45, 7) is 5.43. The van der Waals surface area contributed by atoms with Crippen molar-refractivity contribution in [2.75, 3.05) is 13.7 Å². The van der Waals surface area contributed by atoms with Crippen molar-refractivity contribution in [1.82, 2.24) is 4.98 Å². The van der Waals surface area contributed by atoms with E-state index in [1.807, 2.05) is 0 Å². The summed E-state index contributed by atoms with van der Waals surface area (Å²) in [5.74, 6) is -0.753. The zero-order valence-electron chi connectivity index (χ0n) is 15.7. The monoisotopic (exact) mass is 371 g/mol. The third kappa shape index (κ3) is 3.45. The van der Waals surface area contributed by atoms with Crippen LogP contribution in [0.1, 0.15) is 54.9 Å². The minimum Gasteiger partial charge on any atom is -0.493 e. The minimum atomic E-state index is -1.01. The third-order valence-corrected chi connectivity index (χ3v) is 4.65. The fraction of sp³-hybridized carbons (Fsp3) is 0.350. The van der Waals surface area contributed by atoms with Gasteiger partial charge in [0.2, 0.25) is 5.78 Å². The van der Waals surface area contributed by atoms with E-state index in [2.05, 4.69) is 4.98 Å². The topological polar surface area (TPSA) is 94.7 Å². The Morgan fingerprint density at radius 2 is 1.93 bits per heavy atom. The Hall–Kier alpha value is -3.09. The van der Waals surface area contributed by atoms with E-state index in [4.69, 9.17) is 14.2 Å². The first-order valence-electron chi connectivity index (χ1n) is 8.61. The van der Waals surface area contributed by atoms with Crippen molar-refractivity contribution in [2.45, 2.75) is 33.3 Å². The lowest BCUT2D eigenvalue weighted by molar-refractivity contribution is 0.0316. The van der Waals surface area contributed by atoms with Gasteiger partial charge in [-0.2, -0.15) is 0 Å². The summed E-state index contributed by atoms with van der Waals surface area (Å²) in [6.07, 6.45) is -0.272. The van der Waals surface area contributed by atoms with E-state index in [1.54, 1.807) is 32.0 Å². The van der Waals surface area contributed by atoms with Gasteiger partial charge in [-0.3, -0.25) is 4.79 Å². The minimum absolute atomic E-state index is 0.232. The molecular weight excluding hydrogens is 350 g/mol. The summed E-state index contributed by atoms with van der Waals surface area (Å²) >= 11 is 0. The van der Waals surface area contributed by atoms with Crippen molar-refractivity contribution >= 4 is 17.7 Å². The number of ether oxygens (including phenoxy) is 3. The molecule has 0 saturated carbocycles. The van der Waals surface area contributed by atoms with E-state index < -0.39 is 23.8 Å². The van der Waals surface area contributed by atoms with Gasteiger partial charge in [-0.1, -0.05) is 0 Å². The van der Waals surface area contributed by atoms with Crippen LogP contribution in [0, 0.1) is 13.8 Å². The number of fused-ring (bicyclic) bond motifs is 1. The van der Waals surface area contributed by atoms with Gasteiger partial charge in [-0.05, 0) is 50.1 Å². The maximum absolute atomic E-state index is 12.7. The number of methoxy groups -OCH3 is 1. The highest BCUT2D eigenvalue weighted by molar-refractivity contribution is 6.04. The largest absolute Gasteiger partial charge is 0.493 e. The van der Waals surface area contributed by atoms with E-state index in [0.29, 0.717) is 29.0 Å². The highest BCUT2D eigenvalue weighted by Gasteiger charge is 2.28. The first-order valence-corrected chi connectivity index (χ1v) is 8.61. The number of hydrogen-bond acceptors (Lipinski definition) is 6. The van der Waals surface area contributed by atoms with Gasteiger partial charge in [0.05, 0.1) is 30.5 Å². The fourth-order valence-electron chi connectivity index (χ4n) is 3.20. The number of carbonyl (C=O) groups excluding carboxylic acids is 3. The molecule has 0 radical (unpaired) electrons. The van der Waals surface area contributed by atoms with Crippen LogP contribution in [-0.2, 0) is 15.9 Å². The fourth-order valence-corrected chi connectivity index (χ4v) is 3.20. The first-order chi connectivity index (χ1) is 12.8. The van der Waals surface area contributed by atoms with Crippen LogP contribution in [0.25, 0.3) is 0 Å². The second-order valence-electron chi connectivity index (χ2n) is 6.45. The summed E-state index contributed by atoms with van der Waals surface area (Å²) in [7, 11) is 1.28. The number of H-pyrrole nitrogens is 1. The number of benzene rings is 1. The molecule has 1 aromatic carbocycles. The molecule has 142 valence electrons. The molecule has 3 rings (SSSR count). The molecule has 2 heterocycles. The van der Waals surface area contributed by atoms with Crippen LogP contribution < -0.4 is 4.74 Å². The van der Waals surface area contributed by atoms with Crippen LogP contribution in [0.4, 0.5) is 0 Å². The van der Waals surface area contributed by atoms with Crippen LogP contribution in [0.15, 0.2) is 18.2 Å². The molecule has 27 heavy (non-hydrogen) atoms. The molecule has 0 bridgehead atoms. The van der Waals surface area contributed by atoms with Gasteiger partial charge in [0.15, 0.2) is 6.10 Å².